The van der Waals surface area contributed by atoms with Crippen molar-refractivity contribution < 1.29 is 53.7 Å². The number of aliphatic carboxylic acids is 2. The number of phenols is 2. The molecular formula is C33H40ClN6O10S2+. The molecule has 16 nitrogen and oxygen atoms in total. The first-order valence-corrected chi connectivity index (χ1v) is 18.8. The van der Waals surface area contributed by atoms with Gasteiger partial charge in [-0.3, -0.25) is 19.3 Å². The standard InChI is InChI=1S/C33H39ClN6O10S2/c1-33(2,31(48)49)50-38-24(20-16-52-32(35)37-20)22(42)13-19-28(45)39-25(30(46)47)17(15-51-29(19)39)14-40(10-5-3-4-6-11-40)12-9-36-27(44)18-7-8-21(41)26(43)23(18)34/h7-8,16,19,29H,3-6,9-15H2,1-2H3,(H6-,35,36,37,38,41,42,43,44,46,47,48,49)/p+1/t19-,29-/m1/s1. The van der Waals surface area contributed by atoms with Gasteiger partial charge in [-0.15, -0.1) is 23.1 Å². The van der Waals surface area contributed by atoms with Crippen LogP contribution in [-0.2, 0) is 24.0 Å². The van der Waals surface area contributed by atoms with Crippen LogP contribution in [0.15, 0.2) is 33.9 Å². The van der Waals surface area contributed by atoms with E-state index in [0.29, 0.717) is 28.9 Å². The third-order valence-electron chi connectivity index (χ3n) is 9.43. The van der Waals surface area contributed by atoms with Crippen molar-refractivity contribution in [3.8, 4) is 11.5 Å². The number of carboxylic acid groups (broad SMARTS) is 2. The Hall–Kier alpha value is -4.39. The second-order valence-corrected chi connectivity index (χ2v) is 15.8. The van der Waals surface area contributed by atoms with E-state index in [1.54, 1.807) is 0 Å². The zero-order chi connectivity index (χ0) is 38.0. The molecular weight excluding hydrogens is 740 g/mol. The molecule has 5 rings (SSSR count). The summed E-state index contributed by atoms with van der Waals surface area (Å²) in [5, 5.41) is 46.8. The van der Waals surface area contributed by atoms with E-state index >= 15 is 0 Å². The summed E-state index contributed by atoms with van der Waals surface area (Å²) in [6.07, 6.45) is 3.46. The Morgan fingerprint density at radius 1 is 1.15 bits per heavy atom. The van der Waals surface area contributed by atoms with Crippen LogP contribution < -0.4 is 11.1 Å². The van der Waals surface area contributed by atoms with Gasteiger partial charge in [0.1, 0.15) is 17.9 Å². The molecule has 280 valence electrons. The molecule has 1 aromatic carbocycles. The molecule has 0 radical (unpaired) electrons. The number of phenolic OH excluding ortho intramolecular Hbond substituents is 2. The van der Waals surface area contributed by atoms with E-state index in [0.717, 1.165) is 50.1 Å². The number of β-lactam (4-membered cyclic amide) rings is 1. The number of carboxylic acids is 2. The number of carbonyl (C=O) groups is 5. The lowest BCUT2D eigenvalue weighted by atomic mass is 9.89. The molecule has 2 amide bonds. The summed E-state index contributed by atoms with van der Waals surface area (Å²) in [7, 11) is 0. The zero-order valence-corrected chi connectivity index (χ0v) is 30.9. The fourth-order valence-corrected chi connectivity index (χ4v) is 8.73. The minimum atomic E-state index is -1.77. The quantitative estimate of drug-likeness (QED) is 0.0532. The summed E-state index contributed by atoms with van der Waals surface area (Å²) in [6.45, 7) is 5.00. The lowest BCUT2D eigenvalue weighted by Crippen LogP contribution is -2.63. The number of ketones is 1. The Morgan fingerprint density at radius 3 is 2.46 bits per heavy atom. The number of hydrogen-bond donors (Lipinski definition) is 6. The number of aromatic nitrogens is 1. The van der Waals surface area contributed by atoms with Crippen LogP contribution in [0.3, 0.4) is 0 Å². The third-order valence-corrected chi connectivity index (χ3v) is 11.9. The van der Waals surface area contributed by atoms with Crippen LogP contribution in [0.5, 0.6) is 11.5 Å². The number of halogens is 1. The minimum Gasteiger partial charge on any atom is -0.504 e. The predicted molar refractivity (Wildman–Crippen MR) is 192 cm³/mol. The number of quaternary nitrogens is 1. The van der Waals surface area contributed by atoms with E-state index in [1.165, 1.54) is 48.0 Å². The number of rotatable bonds is 14. The van der Waals surface area contributed by atoms with Gasteiger partial charge in [0.05, 0.1) is 48.1 Å². The largest absolute Gasteiger partial charge is 0.504 e. The Labute approximate surface area is 311 Å². The number of nitrogens with two attached hydrogens (primary N) is 1. The second kappa shape index (κ2) is 15.7. The number of aromatic hydroxyl groups is 2. The molecule has 0 saturated carbocycles. The molecule has 1 aromatic heterocycles. The summed E-state index contributed by atoms with van der Waals surface area (Å²) >= 11 is 8.48. The molecule has 0 aliphatic carbocycles. The molecule has 0 bridgehead atoms. The number of nitrogen functional groups attached to an aromatic ring is 1. The first-order valence-electron chi connectivity index (χ1n) is 16.5. The van der Waals surface area contributed by atoms with E-state index in [2.05, 4.69) is 15.5 Å². The highest BCUT2D eigenvalue weighted by atomic mass is 35.5. The van der Waals surface area contributed by atoms with Gasteiger partial charge in [-0.2, -0.15) is 0 Å². The average Bonchev–Trinajstić information content (AvgIpc) is 3.38. The number of thioether (sulfide) groups is 1. The van der Waals surface area contributed by atoms with E-state index in [-0.39, 0.29) is 45.8 Å². The van der Waals surface area contributed by atoms with Crippen molar-refractivity contribution >= 4 is 75.1 Å². The molecule has 7 N–H and O–H groups in total. The number of thiazole rings is 1. The highest BCUT2D eigenvalue weighted by Crippen LogP contribution is 2.46. The number of Topliss-reactive ketones (excluding diaryl/α,β-unsaturated/α-hetero) is 1. The van der Waals surface area contributed by atoms with Gasteiger partial charge in [0.25, 0.3) is 5.91 Å². The van der Waals surface area contributed by atoms with Gasteiger partial charge in [-0.05, 0) is 51.7 Å². The molecule has 3 aliphatic heterocycles. The monoisotopic (exact) mass is 779 g/mol. The molecule has 0 spiro atoms. The Kier molecular flexibility index (Phi) is 11.7. The zero-order valence-electron chi connectivity index (χ0n) is 28.5. The number of nitrogens with one attached hydrogen (secondary N) is 1. The number of oxime groups is 1. The summed E-state index contributed by atoms with van der Waals surface area (Å²) in [6, 6.07) is 2.48. The van der Waals surface area contributed by atoms with Gasteiger partial charge < -0.3 is 40.8 Å². The van der Waals surface area contributed by atoms with Crippen molar-refractivity contribution in [2.24, 2.45) is 11.1 Å². The molecule has 2 fully saturated rings. The van der Waals surface area contributed by atoms with E-state index < -0.39 is 57.9 Å². The minimum absolute atomic E-state index is 0.0000386. The first kappa shape index (κ1) is 38.8. The van der Waals surface area contributed by atoms with Crippen molar-refractivity contribution in [1.82, 2.24) is 15.2 Å². The van der Waals surface area contributed by atoms with Crippen molar-refractivity contribution in [2.75, 3.05) is 44.2 Å². The molecule has 2 saturated heterocycles. The van der Waals surface area contributed by atoms with E-state index in [1.807, 2.05) is 0 Å². The maximum absolute atomic E-state index is 13.6. The number of anilines is 1. The maximum atomic E-state index is 13.6. The van der Waals surface area contributed by atoms with Gasteiger partial charge in [0.2, 0.25) is 11.5 Å². The number of amides is 2. The fourth-order valence-electron chi connectivity index (χ4n) is 6.53. The lowest BCUT2D eigenvalue weighted by Gasteiger charge is -2.50. The van der Waals surface area contributed by atoms with Gasteiger partial charge in [-0.25, -0.2) is 14.6 Å². The fraction of sp³-hybridized carbons (Fsp3) is 0.485. The van der Waals surface area contributed by atoms with Crippen LogP contribution in [0.25, 0.3) is 0 Å². The van der Waals surface area contributed by atoms with Crippen LogP contribution >= 0.6 is 34.7 Å². The van der Waals surface area contributed by atoms with Crippen LogP contribution in [-0.4, -0.2) is 119 Å². The highest BCUT2D eigenvalue weighted by molar-refractivity contribution is 8.00. The maximum Gasteiger partial charge on any atom is 0.352 e. The van der Waals surface area contributed by atoms with Gasteiger partial charge >= 0.3 is 11.9 Å². The van der Waals surface area contributed by atoms with Crippen LogP contribution in [0.1, 0.15) is 62.0 Å². The Bertz CT molecular complexity index is 1840. The van der Waals surface area contributed by atoms with Crippen LogP contribution in [0.4, 0.5) is 5.13 Å². The normalized spacial score (nSPS) is 20.4. The summed E-state index contributed by atoms with van der Waals surface area (Å²) in [5.74, 6) is -5.90. The highest BCUT2D eigenvalue weighted by Gasteiger charge is 2.55. The number of nitrogens with zero attached hydrogens (tertiary/aromatic N) is 4. The van der Waals surface area contributed by atoms with Crippen molar-refractivity contribution in [2.45, 2.75) is 56.9 Å². The smallest absolute Gasteiger partial charge is 0.352 e. The van der Waals surface area contributed by atoms with Crippen molar-refractivity contribution in [3.63, 3.8) is 0 Å². The summed E-state index contributed by atoms with van der Waals surface area (Å²) in [5.41, 5.74) is 4.23. The predicted octanol–water partition coefficient (Wildman–Crippen LogP) is 3.02. The summed E-state index contributed by atoms with van der Waals surface area (Å²) in [4.78, 5) is 75.0. The van der Waals surface area contributed by atoms with Crippen molar-refractivity contribution in [3.05, 3.63) is 45.1 Å². The molecule has 4 heterocycles. The summed E-state index contributed by atoms with van der Waals surface area (Å²) < 4.78 is 0.486. The van der Waals surface area contributed by atoms with Crippen LogP contribution in [0.2, 0.25) is 5.02 Å². The number of fused-ring (bicyclic) bond motifs is 1. The number of hydrogen-bond acceptors (Lipinski definition) is 13. The second-order valence-electron chi connectivity index (χ2n) is 13.5. The molecule has 3 aliphatic rings. The Morgan fingerprint density at radius 2 is 1.85 bits per heavy atom. The Balaban J connectivity index is 1.33. The number of likely N-dealkylation sites (tertiary alicyclic amines) is 1. The first-order chi connectivity index (χ1) is 24.5. The topological polar surface area (TPSA) is 242 Å². The SMILES string of the molecule is CC(C)(O/N=C(\C(=O)C[C@@H]1C(=O)N2C(C(=O)O)=C(C[N+]3(CCNC(=O)c4ccc(O)c(O)c4Cl)CCCCCC3)CS[C@H]12)c1csc(N)n1)C(=O)O. The molecule has 2 aromatic rings. The van der Waals surface area contributed by atoms with Crippen molar-refractivity contribution in [1.29, 1.82) is 0 Å². The molecule has 19 heteroatoms. The molecule has 52 heavy (non-hydrogen) atoms. The van der Waals surface area contributed by atoms with E-state index in [4.69, 9.17) is 22.2 Å². The average molecular weight is 780 g/mol. The van der Waals surface area contributed by atoms with E-state index in [9.17, 15) is 44.4 Å². The molecule has 0 unspecified atom stereocenters. The van der Waals surface area contributed by atoms with Gasteiger partial charge in [0, 0.05) is 23.1 Å². The number of benzene rings is 1. The third kappa shape index (κ3) is 8.14. The number of carbonyl (C=O) groups excluding carboxylic acids is 3. The van der Waals surface area contributed by atoms with Gasteiger partial charge in [-0.1, -0.05) is 16.8 Å². The van der Waals surface area contributed by atoms with Gasteiger partial charge in [0.15, 0.2) is 28.1 Å². The molecule has 2 atom stereocenters. The lowest BCUT2D eigenvalue weighted by molar-refractivity contribution is -0.922. The van der Waals surface area contributed by atoms with Crippen LogP contribution in [0, 0.1) is 5.92 Å².